The average molecular weight is 388 g/mol. The minimum atomic E-state index is -0.899. The summed E-state index contributed by atoms with van der Waals surface area (Å²) in [6, 6.07) is 7.03. The zero-order chi connectivity index (χ0) is 18.4. The number of carbonyl (C=O) groups is 1. The topological polar surface area (TPSA) is 48.4 Å². The first kappa shape index (κ1) is 19.5. The van der Waals surface area contributed by atoms with Gasteiger partial charge in [-0.05, 0) is 19.9 Å². The highest BCUT2D eigenvalue weighted by atomic mass is 35.5. The third-order valence-corrected chi connectivity index (χ3v) is 4.24. The molecule has 8 heteroatoms. The van der Waals surface area contributed by atoms with Gasteiger partial charge in [0.2, 0.25) is 0 Å². The molecule has 0 aliphatic carbocycles. The molecule has 0 aliphatic rings. The summed E-state index contributed by atoms with van der Waals surface area (Å²) in [4.78, 5) is 15.7. The molecule has 0 N–H and O–H groups in total. The van der Waals surface area contributed by atoms with Crippen molar-refractivity contribution in [3.63, 3.8) is 0 Å². The number of thioether (sulfide) groups is 1. The SMILES string of the molecule is CCOC(=O)C(C)Oc1cc(Cl)nc(SCc2cccc(F)c2F)c1. The average Bonchev–Trinajstić information content (AvgIpc) is 2.56. The summed E-state index contributed by atoms with van der Waals surface area (Å²) in [6.45, 7) is 3.51. The maximum Gasteiger partial charge on any atom is 0.347 e. The predicted octanol–water partition coefficient (Wildman–Crippen LogP) is 4.64. The van der Waals surface area contributed by atoms with Gasteiger partial charge in [0, 0.05) is 23.4 Å². The van der Waals surface area contributed by atoms with Crippen molar-refractivity contribution >= 4 is 29.3 Å². The fourth-order valence-corrected chi connectivity index (χ4v) is 3.05. The molecular weight excluding hydrogens is 372 g/mol. The third kappa shape index (κ3) is 5.57. The number of carbonyl (C=O) groups excluding carboxylic acids is 1. The Balaban J connectivity index is 2.08. The Kier molecular flexibility index (Phi) is 7.01. The van der Waals surface area contributed by atoms with Gasteiger partial charge in [0.15, 0.2) is 17.7 Å². The summed E-state index contributed by atoms with van der Waals surface area (Å²) in [5.74, 6) is -1.77. The maximum absolute atomic E-state index is 13.7. The van der Waals surface area contributed by atoms with Crippen LogP contribution < -0.4 is 4.74 Å². The van der Waals surface area contributed by atoms with Gasteiger partial charge in [-0.3, -0.25) is 0 Å². The largest absolute Gasteiger partial charge is 0.479 e. The first-order valence-electron chi connectivity index (χ1n) is 7.47. The highest BCUT2D eigenvalue weighted by Gasteiger charge is 2.17. The molecule has 1 heterocycles. The highest BCUT2D eigenvalue weighted by Crippen LogP contribution is 2.28. The van der Waals surface area contributed by atoms with Crippen LogP contribution in [0.3, 0.4) is 0 Å². The van der Waals surface area contributed by atoms with E-state index in [0.717, 1.165) is 6.07 Å². The molecule has 0 spiro atoms. The molecule has 1 aromatic carbocycles. The molecular formula is C17H16ClF2NO3S. The molecule has 0 bridgehead atoms. The molecule has 2 rings (SSSR count). The monoisotopic (exact) mass is 387 g/mol. The lowest BCUT2D eigenvalue weighted by Gasteiger charge is -2.14. The lowest BCUT2D eigenvalue weighted by Crippen LogP contribution is -2.26. The number of hydrogen-bond donors (Lipinski definition) is 0. The Morgan fingerprint density at radius 1 is 1.36 bits per heavy atom. The number of halogens is 3. The molecule has 0 saturated carbocycles. The zero-order valence-corrected chi connectivity index (χ0v) is 15.2. The van der Waals surface area contributed by atoms with Crippen molar-refractivity contribution in [3.05, 3.63) is 52.7 Å². The second-order valence-electron chi connectivity index (χ2n) is 4.98. The van der Waals surface area contributed by atoms with Gasteiger partial charge in [-0.1, -0.05) is 23.7 Å². The van der Waals surface area contributed by atoms with Crippen LogP contribution in [0.1, 0.15) is 19.4 Å². The fourth-order valence-electron chi connectivity index (χ4n) is 1.92. The standard InChI is InChI=1S/C17H16ClF2NO3S/c1-3-23-17(22)10(2)24-12-7-14(18)21-15(8-12)25-9-11-5-4-6-13(19)16(11)20/h4-8,10H,3,9H2,1-2H3. The molecule has 134 valence electrons. The maximum atomic E-state index is 13.7. The highest BCUT2D eigenvalue weighted by molar-refractivity contribution is 7.98. The lowest BCUT2D eigenvalue weighted by atomic mass is 10.2. The number of nitrogens with zero attached hydrogens (tertiary/aromatic N) is 1. The van der Waals surface area contributed by atoms with E-state index in [9.17, 15) is 13.6 Å². The molecule has 1 aromatic heterocycles. The summed E-state index contributed by atoms with van der Waals surface area (Å²) < 4.78 is 37.3. The van der Waals surface area contributed by atoms with Crippen LogP contribution >= 0.6 is 23.4 Å². The Morgan fingerprint density at radius 2 is 2.12 bits per heavy atom. The van der Waals surface area contributed by atoms with Crippen molar-refractivity contribution in [3.8, 4) is 5.75 Å². The van der Waals surface area contributed by atoms with E-state index in [4.69, 9.17) is 21.1 Å². The second kappa shape index (κ2) is 9.01. The molecule has 0 radical (unpaired) electrons. The Hall–Kier alpha value is -1.86. The Labute approximate surface area is 153 Å². The van der Waals surface area contributed by atoms with Crippen LogP contribution in [0.2, 0.25) is 5.15 Å². The van der Waals surface area contributed by atoms with Crippen LogP contribution in [0.15, 0.2) is 35.4 Å². The van der Waals surface area contributed by atoms with E-state index in [1.54, 1.807) is 19.9 Å². The quantitative estimate of drug-likeness (QED) is 0.393. The minimum absolute atomic E-state index is 0.163. The van der Waals surface area contributed by atoms with E-state index in [2.05, 4.69) is 4.98 Å². The van der Waals surface area contributed by atoms with Gasteiger partial charge in [-0.15, -0.1) is 11.8 Å². The van der Waals surface area contributed by atoms with Crippen molar-refractivity contribution in [2.75, 3.05) is 6.61 Å². The van der Waals surface area contributed by atoms with Gasteiger partial charge in [0.1, 0.15) is 15.9 Å². The van der Waals surface area contributed by atoms with Gasteiger partial charge in [0.05, 0.1) is 6.61 Å². The summed E-state index contributed by atoms with van der Waals surface area (Å²) in [7, 11) is 0. The van der Waals surface area contributed by atoms with E-state index >= 15 is 0 Å². The predicted molar refractivity (Wildman–Crippen MR) is 91.9 cm³/mol. The molecule has 0 aliphatic heterocycles. The molecule has 0 saturated heterocycles. The van der Waals surface area contributed by atoms with Gasteiger partial charge in [0.25, 0.3) is 0 Å². The van der Waals surface area contributed by atoms with Crippen LogP contribution in [0.5, 0.6) is 5.75 Å². The third-order valence-electron chi connectivity index (χ3n) is 3.08. The zero-order valence-electron chi connectivity index (χ0n) is 13.6. The number of rotatable bonds is 7. The van der Waals surface area contributed by atoms with Crippen LogP contribution in [0, 0.1) is 11.6 Å². The van der Waals surface area contributed by atoms with E-state index in [1.807, 2.05) is 0 Å². The van der Waals surface area contributed by atoms with Gasteiger partial charge >= 0.3 is 5.97 Å². The normalized spacial score (nSPS) is 11.9. The van der Waals surface area contributed by atoms with Crippen molar-refractivity contribution in [1.82, 2.24) is 4.98 Å². The van der Waals surface area contributed by atoms with Crippen molar-refractivity contribution < 1.29 is 23.0 Å². The number of hydrogen-bond acceptors (Lipinski definition) is 5. The minimum Gasteiger partial charge on any atom is -0.479 e. The number of aromatic nitrogens is 1. The smallest absolute Gasteiger partial charge is 0.347 e. The summed E-state index contributed by atoms with van der Waals surface area (Å²) in [6.07, 6.45) is -0.808. The second-order valence-corrected chi connectivity index (χ2v) is 6.36. The first-order valence-corrected chi connectivity index (χ1v) is 8.83. The molecule has 2 aromatic rings. The summed E-state index contributed by atoms with van der Waals surface area (Å²) in [5.41, 5.74) is 0.217. The van der Waals surface area contributed by atoms with Crippen molar-refractivity contribution in [1.29, 1.82) is 0 Å². The van der Waals surface area contributed by atoms with Crippen molar-refractivity contribution in [2.45, 2.75) is 30.7 Å². The lowest BCUT2D eigenvalue weighted by molar-refractivity contribution is -0.150. The van der Waals surface area contributed by atoms with Crippen LogP contribution in [-0.4, -0.2) is 23.7 Å². The van der Waals surface area contributed by atoms with E-state index in [-0.39, 0.29) is 23.1 Å². The molecule has 25 heavy (non-hydrogen) atoms. The summed E-state index contributed by atoms with van der Waals surface area (Å²) in [5, 5.41) is 0.623. The van der Waals surface area contributed by atoms with Crippen LogP contribution in [0.4, 0.5) is 8.78 Å². The number of benzene rings is 1. The fraction of sp³-hybridized carbons (Fsp3) is 0.294. The molecule has 1 unspecified atom stereocenters. The molecule has 0 amide bonds. The molecule has 1 atom stereocenters. The van der Waals surface area contributed by atoms with Gasteiger partial charge in [-0.25, -0.2) is 18.6 Å². The van der Waals surface area contributed by atoms with Crippen molar-refractivity contribution in [2.24, 2.45) is 0 Å². The van der Waals surface area contributed by atoms with Crippen LogP contribution in [-0.2, 0) is 15.3 Å². The van der Waals surface area contributed by atoms with Crippen LogP contribution in [0.25, 0.3) is 0 Å². The number of esters is 1. The van der Waals surface area contributed by atoms with E-state index in [0.29, 0.717) is 10.8 Å². The van der Waals surface area contributed by atoms with Gasteiger partial charge < -0.3 is 9.47 Å². The van der Waals surface area contributed by atoms with E-state index in [1.165, 1.54) is 30.0 Å². The number of ether oxygens (including phenoxy) is 2. The Morgan fingerprint density at radius 3 is 2.84 bits per heavy atom. The first-order chi connectivity index (χ1) is 11.9. The summed E-state index contributed by atoms with van der Waals surface area (Å²) >= 11 is 7.13. The Bertz CT molecular complexity index is 761. The number of pyridine rings is 1. The molecule has 0 fully saturated rings. The van der Waals surface area contributed by atoms with E-state index < -0.39 is 23.7 Å². The van der Waals surface area contributed by atoms with Gasteiger partial charge in [-0.2, -0.15) is 0 Å². The molecule has 4 nitrogen and oxygen atoms in total.